The van der Waals surface area contributed by atoms with Gasteiger partial charge in [-0.3, -0.25) is 0 Å². The van der Waals surface area contributed by atoms with Crippen LogP contribution in [0.25, 0.3) is 0 Å². The fraction of sp³-hybridized carbons (Fsp3) is 0.0400. The fourth-order valence-electron chi connectivity index (χ4n) is 3.75. The molecule has 0 radical (unpaired) electrons. The zero-order valence-corrected chi connectivity index (χ0v) is 17.2. The van der Waals surface area contributed by atoms with E-state index in [-0.39, 0.29) is 17.5 Å². The summed E-state index contributed by atoms with van der Waals surface area (Å²) in [6, 6.07) is 28.9. The van der Waals surface area contributed by atoms with Crippen LogP contribution in [-0.2, 0) is 0 Å². The Kier molecular flexibility index (Phi) is 5.61. The molecule has 0 atom stereocenters. The lowest BCUT2D eigenvalue weighted by atomic mass is 10.3. The van der Waals surface area contributed by atoms with Crippen molar-refractivity contribution in [1.82, 2.24) is 0 Å². The highest BCUT2D eigenvalue weighted by Crippen LogP contribution is 2.59. The van der Waals surface area contributed by atoms with Crippen molar-refractivity contribution in [1.29, 1.82) is 0 Å². The van der Waals surface area contributed by atoms with E-state index in [9.17, 15) is 13.2 Å². The van der Waals surface area contributed by atoms with Crippen LogP contribution in [0, 0.1) is 17.5 Å². The van der Waals surface area contributed by atoms with Crippen molar-refractivity contribution in [3.63, 3.8) is 0 Å². The van der Waals surface area contributed by atoms with Gasteiger partial charge in [-0.2, -0.15) is 0 Å². The lowest BCUT2D eigenvalue weighted by Crippen LogP contribution is -2.42. The third-order valence-corrected chi connectivity index (χ3v) is 9.45. The summed E-state index contributed by atoms with van der Waals surface area (Å²) >= 11 is 0. The molecular weight excluding hydrogens is 402 g/mol. The van der Waals surface area contributed by atoms with E-state index in [1.165, 1.54) is 36.4 Å². The van der Waals surface area contributed by atoms with Crippen LogP contribution in [0.1, 0.15) is 0 Å². The van der Waals surface area contributed by atoms with Crippen molar-refractivity contribution in [2.45, 2.75) is 0 Å². The number of para-hydroxylation sites is 1. The summed E-state index contributed by atoms with van der Waals surface area (Å²) in [6.45, 7) is 0. The summed E-state index contributed by atoms with van der Waals surface area (Å²) in [4.78, 5) is 0. The fourth-order valence-corrected chi connectivity index (χ4v) is 7.91. The third kappa shape index (κ3) is 3.59. The van der Waals surface area contributed by atoms with Gasteiger partial charge in [0.25, 0.3) is 0 Å². The van der Waals surface area contributed by atoms with Crippen LogP contribution in [0.3, 0.4) is 0 Å². The van der Waals surface area contributed by atoms with Crippen molar-refractivity contribution in [2.75, 3.05) is 11.7 Å². The molecule has 0 aromatic heterocycles. The quantitative estimate of drug-likeness (QED) is 0.387. The summed E-state index contributed by atoms with van der Waals surface area (Å²) < 4.78 is 43.6. The number of nitrogens with zero attached hydrogens (tertiary/aromatic N) is 1. The molecule has 0 amide bonds. The Morgan fingerprint density at radius 3 is 1.17 bits per heavy atom. The Labute approximate surface area is 174 Å². The summed E-state index contributed by atoms with van der Waals surface area (Å²) in [6.07, 6.45) is 0. The molecule has 0 saturated heterocycles. The zero-order valence-electron chi connectivity index (χ0n) is 16.3. The van der Waals surface area contributed by atoms with Gasteiger partial charge in [-0.05, 0) is 84.9 Å². The maximum atomic E-state index is 13.8. The first kappa shape index (κ1) is 20.2. The molecule has 0 aliphatic rings. The summed E-state index contributed by atoms with van der Waals surface area (Å²) in [5, 5.41) is 2.65. The molecule has 0 heterocycles. The van der Waals surface area contributed by atoms with Crippen LogP contribution in [0.15, 0.2) is 103 Å². The van der Waals surface area contributed by atoms with Gasteiger partial charge in [-0.25, -0.2) is 17.8 Å². The topological polar surface area (TPSA) is 3.24 Å². The van der Waals surface area contributed by atoms with Gasteiger partial charge >= 0.3 is 0 Å². The van der Waals surface area contributed by atoms with Crippen LogP contribution in [-0.4, -0.2) is 7.05 Å². The van der Waals surface area contributed by atoms with Crippen molar-refractivity contribution in [3.05, 3.63) is 121 Å². The zero-order chi connectivity index (χ0) is 21.1. The first-order chi connectivity index (χ1) is 14.5. The van der Waals surface area contributed by atoms with Gasteiger partial charge in [0.2, 0.25) is 7.41 Å². The number of benzene rings is 4. The Morgan fingerprint density at radius 1 is 0.500 bits per heavy atom. The van der Waals surface area contributed by atoms with Gasteiger partial charge in [0, 0.05) is 7.05 Å². The third-order valence-electron chi connectivity index (χ3n) is 5.18. The Balaban J connectivity index is 2.07. The highest BCUT2D eigenvalue weighted by molar-refractivity contribution is 7.96. The van der Waals surface area contributed by atoms with Gasteiger partial charge in [-0.15, -0.1) is 0 Å². The molecule has 30 heavy (non-hydrogen) atoms. The van der Waals surface area contributed by atoms with Crippen LogP contribution in [0.5, 0.6) is 0 Å². The second kappa shape index (κ2) is 8.33. The molecule has 1 nitrogen and oxygen atoms in total. The normalized spacial score (nSPS) is 11.3. The number of halogens is 3. The maximum absolute atomic E-state index is 13.8. The van der Waals surface area contributed by atoms with Gasteiger partial charge in [0.05, 0.1) is 5.69 Å². The number of hydrogen-bond acceptors (Lipinski definition) is 1. The SMILES string of the molecule is CN(c1ccccc1)[P+](c1ccc(F)cc1)(c1ccc(F)cc1)c1ccc(F)cc1. The van der Waals surface area contributed by atoms with Crippen LogP contribution >= 0.6 is 7.41 Å². The Hall–Kier alpha value is -3.10. The number of hydrogen-bond donors (Lipinski definition) is 0. The highest BCUT2D eigenvalue weighted by atomic mass is 31.2. The molecular formula is C25H20F3NP+. The predicted octanol–water partition coefficient (Wildman–Crippen LogP) is 5.45. The van der Waals surface area contributed by atoms with Crippen molar-refractivity contribution in [2.24, 2.45) is 0 Å². The molecule has 0 fully saturated rings. The lowest BCUT2D eigenvalue weighted by molar-refractivity contribution is 0.628. The van der Waals surface area contributed by atoms with E-state index in [4.69, 9.17) is 0 Å². The van der Waals surface area contributed by atoms with E-state index >= 15 is 0 Å². The highest BCUT2D eigenvalue weighted by Gasteiger charge is 2.50. The molecule has 150 valence electrons. The van der Waals surface area contributed by atoms with Crippen molar-refractivity contribution >= 4 is 29.0 Å². The number of anilines is 1. The minimum Gasteiger partial charge on any atom is -0.237 e. The van der Waals surface area contributed by atoms with E-state index in [1.54, 1.807) is 36.4 Å². The van der Waals surface area contributed by atoms with E-state index in [0.29, 0.717) is 0 Å². The molecule has 0 aliphatic carbocycles. The maximum Gasteiger partial charge on any atom is 0.202 e. The van der Waals surface area contributed by atoms with E-state index in [0.717, 1.165) is 21.6 Å². The predicted molar refractivity (Wildman–Crippen MR) is 120 cm³/mol. The average Bonchev–Trinajstić information content (AvgIpc) is 2.78. The number of rotatable bonds is 5. The Bertz CT molecular complexity index is 1000. The van der Waals surface area contributed by atoms with Gasteiger partial charge < -0.3 is 0 Å². The molecule has 0 spiro atoms. The van der Waals surface area contributed by atoms with Crippen LogP contribution in [0.4, 0.5) is 18.9 Å². The largest absolute Gasteiger partial charge is 0.237 e. The van der Waals surface area contributed by atoms with Gasteiger partial charge in [0.1, 0.15) is 33.4 Å². The molecule has 0 N–H and O–H groups in total. The molecule has 5 heteroatoms. The second-order valence-electron chi connectivity index (χ2n) is 6.92. The second-order valence-corrected chi connectivity index (χ2v) is 10.3. The summed E-state index contributed by atoms with van der Waals surface area (Å²) in [7, 11) is -0.621. The molecule has 4 aromatic rings. The van der Waals surface area contributed by atoms with E-state index < -0.39 is 7.41 Å². The Morgan fingerprint density at radius 2 is 0.833 bits per heavy atom. The molecule has 0 aliphatic heterocycles. The van der Waals surface area contributed by atoms with Crippen LogP contribution < -0.4 is 20.6 Å². The standard InChI is InChI=1S/C25H20F3NP/c1-29(22-5-3-2-4-6-22)30(23-13-7-19(26)8-14-23,24-15-9-20(27)10-16-24)25-17-11-21(28)12-18-25/h2-18H,1H3/q+1. The van der Waals surface area contributed by atoms with Gasteiger partial charge in [-0.1, -0.05) is 18.2 Å². The van der Waals surface area contributed by atoms with Gasteiger partial charge in [0.15, 0.2) is 0 Å². The summed E-state index contributed by atoms with van der Waals surface area (Å²) in [5.74, 6) is -1.01. The van der Waals surface area contributed by atoms with Crippen molar-refractivity contribution in [3.8, 4) is 0 Å². The molecule has 0 unspecified atom stereocenters. The molecule has 0 bridgehead atoms. The van der Waals surface area contributed by atoms with E-state index in [2.05, 4.69) is 4.67 Å². The lowest BCUT2D eigenvalue weighted by Gasteiger charge is -2.35. The van der Waals surface area contributed by atoms with E-state index in [1.807, 2.05) is 37.4 Å². The molecule has 4 aromatic carbocycles. The first-order valence-electron chi connectivity index (χ1n) is 9.48. The minimum absolute atomic E-state index is 0.336. The molecule has 0 saturated carbocycles. The monoisotopic (exact) mass is 422 g/mol. The van der Waals surface area contributed by atoms with Crippen molar-refractivity contribution < 1.29 is 13.2 Å². The minimum atomic E-state index is -2.59. The average molecular weight is 422 g/mol. The van der Waals surface area contributed by atoms with Crippen LogP contribution in [0.2, 0.25) is 0 Å². The molecule has 4 rings (SSSR count). The first-order valence-corrected chi connectivity index (χ1v) is 11.2. The smallest absolute Gasteiger partial charge is 0.202 e. The summed E-state index contributed by atoms with van der Waals surface area (Å²) in [5.41, 5.74) is 0.948.